The van der Waals surface area contributed by atoms with Crippen molar-refractivity contribution < 1.29 is 4.79 Å². The highest BCUT2D eigenvalue weighted by Crippen LogP contribution is 2.16. The van der Waals surface area contributed by atoms with Gasteiger partial charge in [-0.25, -0.2) is 9.97 Å². The molecule has 2 N–H and O–H groups in total. The largest absolute Gasteiger partial charge is 0.350 e. The Morgan fingerprint density at radius 1 is 1.08 bits per heavy atom. The van der Waals surface area contributed by atoms with Crippen LogP contribution < -0.4 is 10.6 Å². The Labute approximate surface area is 157 Å². The number of benzene rings is 2. The molecule has 1 amide bonds. The summed E-state index contributed by atoms with van der Waals surface area (Å²) in [6, 6.07) is 18.8. The van der Waals surface area contributed by atoms with Gasteiger partial charge in [-0.05, 0) is 30.2 Å². The smallest absolute Gasteiger partial charge is 0.270 e. The van der Waals surface area contributed by atoms with Gasteiger partial charge in [0.2, 0.25) is 5.95 Å². The van der Waals surface area contributed by atoms with Gasteiger partial charge in [-0.3, -0.25) is 4.79 Å². The van der Waals surface area contributed by atoms with Crippen LogP contribution in [0.3, 0.4) is 0 Å². The molecule has 2 aromatic carbocycles. The molecular weight excluding hydrogens is 348 g/mol. The fourth-order valence-electron chi connectivity index (χ4n) is 2.48. The summed E-state index contributed by atoms with van der Waals surface area (Å²) < 4.78 is 0. The van der Waals surface area contributed by atoms with E-state index in [0.29, 0.717) is 23.2 Å². The summed E-state index contributed by atoms with van der Waals surface area (Å²) in [5, 5.41) is 6.71. The Balaban J connectivity index is 1.65. The van der Waals surface area contributed by atoms with E-state index in [9.17, 15) is 4.79 Å². The van der Waals surface area contributed by atoms with Crippen molar-refractivity contribution >= 4 is 23.5 Å². The van der Waals surface area contributed by atoms with E-state index in [1.807, 2.05) is 61.5 Å². The van der Waals surface area contributed by atoms with E-state index >= 15 is 0 Å². The number of nitrogens with zero attached hydrogens (tertiary/aromatic N) is 2. The first-order valence-corrected chi connectivity index (χ1v) is 8.67. The van der Waals surface area contributed by atoms with E-state index in [4.69, 9.17) is 11.6 Å². The van der Waals surface area contributed by atoms with Gasteiger partial charge >= 0.3 is 0 Å². The van der Waals surface area contributed by atoms with Crippen LogP contribution in [0.2, 0.25) is 5.02 Å². The first-order valence-electron chi connectivity index (χ1n) is 8.29. The van der Waals surface area contributed by atoms with Crippen LogP contribution >= 0.6 is 11.6 Å². The molecule has 132 valence electrons. The van der Waals surface area contributed by atoms with Gasteiger partial charge in [0.15, 0.2) is 0 Å². The summed E-state index contributed by atoms with van der Waals surface area (Å²) in [4.78, 5) is 20.9. The second-order valence-corrected chi connectivity index (χ2v) is 6.22. The van der Waals surface area contributed by atoms with Crippen LogP contribution in [-0.4, -0.2) is 15.9 Å². The van der Waals surface area contributed by atoms with Crippen LogP contribution in [0.4, 0.5) is 5.95 Å². The summed E-state index contributed by atoms with van der Waals surface area (Å²) in [7, 11) is 0. The zero-order valence-electron chi connectivity index (χ0n) is 14.3. The topological polar surface area (TPSA) is 66.9 Å². The summed E-state index contributed by atoms with van der Waals surface area (Å²) >= 11 is 6.14. The number of carbonyl (C=O) groups is 1. The highest BCUT2D eigenvalue weighted by Gasteiger charge is 2.13. The number of amides is 1. The first-order chi connectivity index (χ1) is 12.6. The molecule has 0 spiro atoms. The molecule has 1 heterocycles. The van der Waals surface area contributed by atoms with Gasteiger partial charge < -0.3 is 10.6 Å². The third-order valence-electron chi connectivity index (χ3n) is 3.93. The zero-order chi connectivity index (χ0) is 18.4. The number of halogens is 1. The quantitative estimate of drug-likeness (QED) is 0.685. The summed E-state index contributed by atoms with van der Waals surface area (Å²) in [5.74, 6) is 0.134. The van der Waals surface area contributed by atoms with E-state index in [2.05, 4.69) is 20.6 Å². The number of nitrogens with one attached hydrogen (secondary N) is 2. The Morgan fingerprint density at radius 2 is 1.81 bits per heavy atom. The van der Waals surface area contributed by atoms with Gasteiger partial charge in [0.1, 0.15) is 5.69 Å². The van der Waals surface area contributed by atoms with Crippen LogP contribution in [0.15, 0.2) is 66.9 Å². The van der Waals surface area contributed by atoms with E-state index in [-0.39, 0.29) is 11.9 Å². The van der Waals surface area contributed by atoms with Gasteiger partial charge in [-0.1, -0.05) is 60.1 Å². The van der Waals surface area contributed by atoms with Gasteiger partial charge in [0.25, 0.3) is 5.91 Å². The molecule has 3 rings (SSSR count). The van der Waals surface area contributed by atoms with Crippen LogP contribution in [-0.2, 0) is 6.54 Å². The molecule has 0 aliphatic carbocycles. The highest BCUT2D eigenvalue weighted by atomic mass is 35.5. The van der Waals surface area contributed by atoms with Crippen molar-refractivity contribution in [1.29, 1.82) is 0 Å². The molecular formula is C20H19ClN4O. The minimum atomic E-state index is -0.246. The van der Waals surface area contributed by atoms with Crippen molar-refractivity contribution in [2.45, 2.75) is 19.5 Å². The molecule has 1 atom stereocenters. The number of carbonyl (C=O) groups excluding carboxylic acids is 1. The monoisotopic (exact) mass is 366 g/mol. The van der Waals surface area contributed by atoms with Crippen LogP contribution in [0.25, 0.3) is 0 Å². The predicted molar refractivity (Wildman–Crippen MR) is 103 cm³/mol. The molecule has 6 heteroatoms. The van der Waals surface area contributed by atoms with E-state index in [1.165, 1.54) is 0 Å². The lowest BCUT2D eigenvalue weighted by atomic mass is 10.1. The molecule has 0 fully saturated rings. The maximum absolute atomic E-state index is 12.5. The minimum Gasteiger partial charge on any atom is -0.350 e. The third-order valence-corrected chi connectivity index (χ3v) is 4.30. The standard InChI is InChI=1S/C20H19ClN4O/c1-14(15-7-3-2-4-8-15)24-19(26)18-11-12-22-20(25-18)23-13-16-9-5-6-10-17(16)21/h2-12,14H,13H2,1H3,(H,24,26)(H,22,23,25). The van der Waals surface area contributed by atoms with Crippen molar-refractivity contribution in [3.63, 3.8) is 0 Å². The summed E-state index contributed by atoms with van der Waals surface area (Å²) in [5.41, 5.74) is 2.28. The Hall–Kier alpha value is -2.92. The number of rotatable bonds is 6. The SMILES string of the molecule is CC(NC(=O)c1ccnc(NCc2ccccc2Cl)n1)c1ccccc1. The van der Waals surface area contributed by atoms with Crippen LogP contribution in [0.1, 0.15) is 34.6 Å². The maximum Gasteiger partial charge on any atom is 0.270 e. The Bertz CT molecular complexity index is 886. The zero-order valence-corrected chi connectivity index (χ0v) is 15.1. The highest BCUT2D eigenvalue weighted by molar-refractivity contribution is 6.31. The second kappa shape index (κ2) is 8.45. The van der Waals surface area contributed by atoms with Crippen molar-refractivity contribution in [2.75, 3.05) is 5.32 Å². The van der Waals surface area contributed by atoms with Gasteiger partial charge in [-0.2, -0.15) is 0 Å². The first kappa shape index (κ1) is 17.9. The van der Waals surface area contributed by atoms with Crippen molar-refractivity contribution in [1.82, 2.24) is 15.3 Å². The fraction of sp³-hybridized carbons (Fsp3) is 0.150. The number of anilines is 1. The second-order valence-electron chi connectivity index (χ2n) is 5.82. The Morgan fingerprint density at radius 3 is 2.58 bits per heavy atom. The molecule has 0 aliphatic heterocycles. The van der Waals surface area contributed by atoms with Crippen LogP contribution in [0.5, 0.6) is 0 Å². The van der Waals surface area contributed by atoms with Crippen molar-refractivity contribution in [3.8, 4) is 0 Å². The van der Waals surface area contributed by atoms with E-state index < -0.39 is 0 Å². The predicted octanol–water partition coefficient (Wildman–Crippen LogP) is 4.23. The molecule has 0 saturated heterocycles. The van der Waals surface area contributed by atoms with Crippen molar-refractivity contribution in [3.05, 3.63) is 88.7 Å². The molecule has 0 aliphatic rings. The normalized spacial score (nSPS) is 11.6. The van der Waals surface area contributed by atoms with E-state index in [0.717, 1.165) is 11.1 Å². The molecule has 26 heavy (non-hydrogen) atoms. The Kier molecular flexibility index (Phi) is 5.81. The van der Waals surface area contributed by atoms with Gasteiger partial charge in [0, 0.05) is 17.8 Å². The minimum absolute atomic E-state index is 0.113. The number of hydrogen-bond donors (Lipinski definition) is 2. The molecule has 0 bridgehead atoms. The maximum atomic E-state index is 12.5. The third kappa shape index (κ3) is 4.58. The fourth-order valence-corrected chi connectivity index (χ4v) is 2.68. The molecule has 5 nitrogen and oxygen atoms in total. The summed E-state index contributed by atoms with van der Waals surface area (Å²) in [6.07, 6.45) is 1.56. The van der Waals surface area contributed by atoms with Gasteiger partial charge in [-0.15, -0.1) is 0 Å². The lowest BCUT2D eigenvalue weighted by molar-refractivity contribution is 0.0935. The molecule has 0 radical (unpaired) electrons. The van der Waals surface area contributed by atoms with E-state index in [1.54, 1.807) is 12.3 Å². The van der Waals surface area contributed by atoms with Crippen LogP contribution in [0, 0.1) is 0 Å². The van der Waals surface area contributed by atoms with Crippen molar-refractivity contribution in [2.24, 2.45) is 0 Å². The average molecular weight is 367 g/mol. The molecule has 1 aromatic heterocycles. The average Bonchev–Trinajstić information content (AvgIpc) is 2.68. The molecule has 3 aromatic rings. The lowest BCUT2D eigenvalue weighted by Gasteiger charge is -2.14. The number of aromatic nitrogens is 2. The lowest BCUT2D eigenvalue weighted by Crippen LogP contribution is -2.27. The number of hydrogen-bond acceptors (Lipinski definition) is 4. The summed E-state index contributed by atoms with van der Waals surface area (Å²) in [6.45, 7) is 2.41. The molecule has 0 saturated carbocycles. The van der Waals surface area contributed by atoms with Gasteiger partial charge in [0.05, 0.1) is 6.04 Å². The molecule has 1 unspecified atom stereocenters.